The molecule has 2 amide bonds. The number of carbonyl (C=O) groups excluding carboxylic acids is 2. The Morgan fingerprint density at radius 2 is 1.83 bits per heavy atom. The molecule has 4 rings (SSSR count). The molecular weight excluding hydrogens is 444 g/mol. The predicted molar refractivity (Wildman–Crippen MR) is 136 cm³/mol. The van der Waals surface area contributed by atoms with Crippen LogP contribution in [0, 0.1) is 5.41 Å². The van der Waals surface area contributed by atoms with Gasteiger partial charge >= 0.3 is 11.8 Å². The Morgan fingerprint density at radius 3 is 2.51 bits per heavy atom. The summed E-state index contributed by atoms with van der Waals surface area (Å²) in [5.74, 6) is -0.131. The van der Waals surface area contributed by atoms with Gasteiger partial charge in [-0.3, -0.25) is 15.0 Å². The number of aliphatic imine (C=N–C) groups is 1. The molecule has 0 aromatic heterocycles. The van der Waals surface area contributed by atoms with E-state index >= 15 is 0 Å². The standard InChI is InChI=1S/C26H28N6O3/c1-16(27)32-11-10-23(15-32)35-22-8-6-21(7-9-22)31-24(28)19-5-4-18-3-2-17(12-20(18)13-19)14-30-26(34)25(29)33/h2-9,12-13,23,27H,10-11,14-15H2,1H3,(H2,28,31)(H2,29,33)(H,30,34). The highest BCUT2D eigenvalue weighted by atomic mass is 16.5. The summed E-state index contributed by atoms with van der Waals surface area (Å²) < 4.78 is 6.04. The molecule has 0 bridgehead atoms. The van der Waals surface area contributed by atoms with E-state index in [1.807, 2.05) is 65.6 Å². The average Bonchev–Trinajstić information content (AvgIpc) is 3.32. The molecule has 0 radical (unpaired) electrons. The topological polar surface area (TPSA) is 147 Å². The van der Waals surface area contributed by atoms with Gasteiger partial charge in [0.2, 0.25) is 0 Å². The lowest BCUT2D eigenvalue weighted by Crippen LogP contribution is -2.35. The minimum Gasteiger partial charge on any atom is -0.489 e. The van der Waals surface area contributed by atoms with Gasteiger partial charge in [0.1, 0.15) is 17.7 Å². The second-order valence-electron chi connectivity index (χ2n) is 8.49. The number of ether oxygens (including phenoxy) is 1. The van der Waals surface area contributed by atoms with E-state index in [2.05, 4.69) is 10.3 Å². The van der Waals surface area contributed by atoms with Crippen molar-refractivity contribution in [1.82, 2.24) is 10.2 Å². The molecule has 1 atom stereocenters. The number of amides is 2. The number of nitrogens with one attached hydrogen (secondary N) is 2. The highest BCUT2D eigenvalue weighted by Crippen LogP contribution is 2.23. The third-order valence-corrected chi connectivity index (χ3v) is 5.89. The molecule has 0 saturated carbocycles. The largest absolute Gasteiger partial charge is 0.489 e. The molecule has 35 heavy (non-hydrogen) atoms. The quantitative estimate of drug-likeness (QED) is 0.247. The maximum absolute atomic E-state index is 11.4. The Bertz CT molecular complexity index is 1300. The van der Waals surface area contributed by atoms with Gasteiger partial charge in [0, 0.05) is 25.1 Å². The summed E-state index contributed by atoms with van der Waals surface area (Å²) in [6.07, 6.45) is 0.964. The molecule has 1 heterocycles. The van der Waals surface area contributed by atoms with Gasteiger partial charge in [-0.15, -0.1) is 0 Å². The monoisotopic (exact) mass is 472 g/mol. The molecule has 0 spiro atoms. The molecule has 1 aliphatic heterocycles. The van der Waals surface area contributed by atoms with E-state index in [1.165, 1.54) is 0 Å². The van der Waals surface area contributed by atoms with Crippen molar-refractivity contribution in [2.45, 2.75) is 26.0 Å². The van der Waals surface area contributed by atoms with Gasteiger partial charge in [0.25, 0.3) is 0 Å². The zero-order valence-electron chi connectivity index (χ0n) is 19.5. The Morgan fingerprint density at radius 1 is 1.09 bits per heavy atom. The molecule has 6 N–H and O–H groups in total. The Hall–Kier alpha value is -4.40. The number of amidine groups is 2. The van der Waals surface area contributed by atoms with Crippen LogP contribution in [0.5, 0.6) is 5.75 Å². The molecule has 9 heteroatoms. The van der Waals surface area contributed by atoms with Gasteiger partial charge in [-0.25, -0.2) is 4.99 Å². The molecule has 9 nitrogen and oxygen atoms in total. The zero-order valence-corrected chi connectivity index (χ0v) is 19.5. The summed E-state index contributed by atoms with van der Waals surface area (Å²) in [4.78, 5) is 28.9. The summed E-state index contributed by atoms with van der Waals surface area (Å²) >= 11 is 0. The number of rotatable bonds is 6. The van der Waals surface area contributed by atoms with Crippen molar-refractivity contribution in [3.05, 3.63) is 71.8 Å². The molecule has 1 saturated heterocycles. The fraction of sp³-hybridized carbons (Fsp3) is 0.231. The first-order valence-corrected chi connectivity index (χ1v) is 11.3. The van der Waals surface area contributed by atoms with Gasteiger partial charge in [-0.2, -0.15) is 0 Å². The van der Waals surface area contributed by atoms with Crippen molar-refractivity contribution in [3.63, 3.8) is 0 Å². The van der Waals surface area contributed by atoms with Crippen molar-refractivity contribution in [2.24, 2.45) is 16.5 Å². The number of carbonyl (C=O) groups is 2. The Kier molecular flexibility index (Phi) is 6.96. The van der Waals surface area contributed by atoms with Crippen molar-refractivity contribution in [2.75, 3.05) is 13.1 Å². The van der Waals surface area contributed by atoms with Crippen LogP contribution in [-0.2, 0) is 16.1 Å². The van der Waals surface area contributed by atoms with E-state index in [0.29, 0.717) is 17.4 Å². The molecule has 0 aliphatic carbocycles. The smallest absolute Gasteiger partial charge is 0.309 e. The van der Waals surface area contributed by atoms with Gasteiger partial charge < -0.3 is 26.4 Å². The van der Waals surface area contributed by atoms with Crippen LogP contribution in [0.15, 0.2) is 65.7 Å². The lowest BCUT2D eigenvalue weighted by atomic mass is 10.0. The first kappa shape index (κ1) is 23.7. The number of benzene rings is 3. The van der Waals surface area contributed by atoms with Gasteiger partial charge in [-0.1, -0.05) is 24.3 Å². The van der Waals surface area contributed by atoms with Crippen LogP contribution >= 0.6 is 0 Å². The van der Waals surface area contributed by atoms with Gasteiger partial charge in [0.15, 0.2) is 0 Å². The second kappa shape index (κ2) is 10.3. The number of fused-ring (bicyclic) bond motifs is 1. The number of nitrogens with two attached hydrogens (primary N) is 2. The van der Waals surface area contributed by atoms with Gasteiger partial charge in [0.05, 0.1) is 18.1 Å². The molecule has 3 aromatic carbocycles. The third kappa shape index (κ3) is 5.94. The summed E-state index contributed by atoms with van der Waals surface area (Å²) in [6.45, 7) is 3.55. The van der Waals surface area contributed by atoms with Crippen LogP contribution in [0.2, 0.25) is 0 Å². The first-order valence-electron chi connectivity index (χ1n) is 11.3. The highest BCUT2D eigenvalue weighted by molar-refractivity contribution is 6.34. The average molecular weight is 473 g/mol. The normalized spacial score (nSPS) is 15.7. The molecule has 180 valence electrons. The summed E-state index contributed by atoms with van der Waals surface area (Å²) in [6, 6.07) is 19.0. The minimum atomic E-state index is -1.01. The zero-order chi connectivity index (χ0) is 24.9. The lowest BCUT2D eigenvalue weighted by molar-refractivity contribution is -0.137. The summed E-state index contributed by atoms with van der Waals surface area (Å²) in [5.41, 5.74) is 13.6. The highest BCUT2D eigenvalue weighted by Gasteiger charge is 2.24. The SMILES string of the molecule is CC(=N)N1CCC(Oc2ccc(N=C(N)c3ccc4ccc(CNC(=O)C(N)=O)cc4c3)cc2)C1. The Labute approximate surface area is 203 Å². The van der Waals surface area contributed by atoms with E-state index in [9.17, 15) is 9.59 Å². The number of primary amides is 1. The Balaban J connectivity index is 1.44. The van der Waals surface area contributed by atoms with Crippen molar-refractivity contribution < 1.29 is 14.3 Å². The van der Waals surface area contributed by atoms with Crippen LogP contribution in [0.1, 0.15) is 24.5 Å². The fourth-order valence-electron chi connectivity index (χ4n) is 3.96. The number of hydrogen-bond acceptors (Lipinski definition) is 5. The minimum absolute atomic E-state index is 0.0707. The molecule has 3 aromatic rings. The van der Waals surface area contributed by atoms with Crippen LogP contribution in [-0.4, -0.2) is 47.6 Å². The third-order valence-electron chi connectivity index (χ3n) is 5.89. The second-order valence-corrected chi connectivity index (χ2v) is 8.49. The first-order chi connectivity index (χ1) is 16.8. The number of nitrogens with zero attached hydrogens (tertiary/aromatic N) is 2. The maximum atomic E-state index is 11.4. The molecule has 1 fully saturated rings. The van der Waals surface area contributed by atoms with Crippen LogP contribution in [0.25, 0.3) is 10.8 Å². The summed E-state index contributed by atoms with van der Waals surface area (Å²) in [5, 5.41) is 12.2. The van der Waals surface area contributed by atoms with Crippen molar-refractivity contribution in [3.8, 4) is 5.75 Å². The van der Waals surface area contributed by atoms with E-state index in [0.717, 1.165) is 47.2 Å². The van der Waals surface area contributed by atoms with E-state index < -0.39 is 11.8 Å². The van der Waals surface area contributed by atoms with E-state index in [1.54, 1.807) is 6.92 Å². The van der Waals surface area contributed by atoms with Crippen LogP contribution in [0.4, 0.5) is 5.69 Å². The van der Waals surface area contributed by atoms with Crippen molar-refractivity contribution in [1.29, 1.82) is 5.41 Å². The fourth-order valence-corrected chi connectivity index (χ4v) is 3.96. The van der Waals surface area contributed by atoms with Crippen molar-refractivity contribution >= 4 is 39.9 Å². The van der Waals surface area contributed by atoms with Crippen LogP contribution < -0.4 is 21.5 Å². The predicted octanol–water partition coefficient (Wildman–Crippen LogP) is 2.43. The maximum Gasteiger partial charge on any atom is 0.309 e. The van der Waals surface area contributed by atoms with Gasteiger partial charge in [-0.05, 0) is 59.7 Å². The number of hydrogen-bond donors (Lipinski definition) is 4. The lowest BCUT2D eigenvalue weighted by Gasteiger charge is -2.17. The molecule has 1 unspecified atom stereocenters. The van der Waals surface area contributed by atoms with E-state index in [4.69, 9.17) is 21.6 Å². The summed E-state index contributed by atoms with van der Waals surface area (Å²) in [7, 11) is 0. The number of likely N-dealkylation sites (tertiary alicyclic amines) is 1. The van der Waals surface area contributed by atoms with Crippen LogP contribution in [0.3, 0.4) is 0 Å². The van der Waals surface area contributed by atoms with E-state index in [-0.39, 0.29) is 12.6 Å². The molecular formula is C26H28N6O3. The molecule has 1 aliphatic rings.